The number of hydrogen-bond acceptors (Lipinski definition) is 10. The van der Waals surface area contributed by atoms with Crippen LogP contribution in [0.5, 0.6) is 11.8 Å². The molecule has 0 bridgehead atoms. The zero-order valence-electron chi connectivity index (χ0n) is 22.6. The summed E-state index contributed by atoms with van der Waals surface area (Å²) in [7, 11) is 4.33. The molecule has 0 aliphatic heterocycles. The lowest BCUT2D eigenvalue weighted by atomic mass is 10.1. The van der Waals surface area contributed by atoms with Gasteiger partial charge in [0.15, 0.2) is 28.5 Å². The third-order valence-corrected chi connectivity index (χ3v) is 6.72. The third kappa shape index (κ3) is 5.12. The second-order valence-corrected chi connectivity index (χ2v) is 9.62. The molecule has 0 spiro atoms. The highest BCUT2D eigenvalue weighted by molar-refractivity contribution is 5.85. The van der Waals surface area contributed by atoms with E-state index in [9.17, 15) is 13.2 Å². The molecule has 0 atom stereocenters. The molecule has 1 N–H and O–H groups in total. The number of anilines is 1. The molecule has 0 amide bonds. The molecule has 1 aliphatic carbocycles. The zero-order chi connectivity index (χ0) is 29.6. The first-order chi connectivity index (χ1) is 20.2. The van der Waals surface area contributed by atoms with E-state index in [-0.39, 0.29) is 47.0 Å². The molecule has 216 valence electrons. The molecular formula is C27H23F4N9O2. The van der Waals surface area contributed by atoms with Crippen LogP contribution in [0, 0.1) is 5.82 Å². The largest absolute Gasteiger partial charge is 0.480 e. The normalized spacial score (nSPS) is 13.4. The first-order valence-corrected chi connectivity index (χ1v) is 12.8. The average molecular weight is 582 g/mol. The van der Waals surface area contributed by atoms with Crippen molar-refractivity contribution in [1.29, 1.82) is 0 Å². The van der Waals surface area contributed by atoms with Gasteiger partial charge in [0.2, 0.25) is 11.8 Å². The van der Waals surface area contributed by atoms with E-state index in [2.05, 4.69) is 35.2 Å². The molecule has 11 nitrogen and oxygen atoms in total. The summed E-state index contributed by atoms with van der Waals surface area (Å²) in [5.41, 5.74) is 1.23. The number of fused-ring (bicyclic) bond motifs is 1. The lowest BCUT2D eigenvalue weighted by Gasteiger charge is -2.14. The van der Waals surface area contributed by atoms with Crippen molar-refractivity contribution in [3.05, 3.63) is 59.7 Å². The molecule has 1 aromatic carbocycles. The van der Waals surface area contributed by atoms with Crippen LogP contribution in [0.4, 0.5) is 23.4 Å². The fraction of sp³-hybridized carbons (Fsp3) is 0.296. The molecule has 1 saturated carbocycles. The van der Waals surface area contributed by atoms with Crippen molar-refractivity contribution in [3.63, 3.8) is 0 Å². The van der Waals surface area contributed by atoms with E-state index in [1.165, 1.54) is 45.9 Å². The van der Waals surface area contributed by atoms with Crippen molar-refractivity contribution in [2.75, 3.05) is 19.5 Å². The van der Waals surface area contributed by atoms with Gasteiger partial charge in [0, 0.05) is 25.7 Å². The fourth-order valence-corrected chi connectivity index (χ4v) is 4.53. The standard InChI is InChI=1S/C27H23F4N9O2/c1-40-11-17(27(29,30)31)36-25(40)15-7-4-13(8-16(15)28)9-32-23-21-24(33-10-18(37-21)41-2)39-22(38-23)19-20(14-5-6-14)34-12-35-26(19)42-3/h4,7-8,10-12,14H,5-6,9H2,1-3H3,(H,32,33,38,39). The van der Waals surface area contributed by atoms with E-state index in [4.69, 9.17) is 14.5 Å². The minimum Gasteiger partial charge on any atom is -0.480 e. The number of imidazole rings is 1. The summed E-state index contributed by atoms with van der Waals surface area (Å²) < 4.78 is 66.3. The maximum atomic E-state index is 15.1. The number of alkyl halides is 3. The Morgan fingerprint density at radius 3 is 2.50 bits per heavy atom. The molecule has 1 fully saturated rings. The van der Waals surface area contributed by atoms with E-state index in [1.807, 2.05) is 0 Å². The van der Waals surface area contributed by atoms with Gasteiger partial charge in [0.25, 0.3) is 0 Å². The maximum absolute atomic E-state index is 15.1. The van der Waals surface area contributed by atoms with Crippen LogP contribution in [0.25, 0.3) is 33.9 Å². The Kier molecular flexibility index (Phi) is 6.79. The lowest BCUT2D eigenvalue weighted by Crippen LogP contribution is -2.08. The molecule has 4 aromatic heterocycles. The lowest BCUT2D eigenvalue weighted by molar-refractivity contribution is -0.140. The second-order valence-electron chi connectivity index (χ2n) is 9.62. The predicted molar refractivity (Wildman–Crippen MR) is 142 cm³/mol. The van der Waals surface area contributed by atoms with Gasteiger partial charge < -0.3 is 19.4 Å². The van der Waals surface area contributed by atoms with Crippen LogP contribution in [-0.4, -0.2) is 53.7 Å². The third-order valence-electron chi connectivity index (χ3n) is 6.72. The number of rotatable bonds is 8. The van der Waals surface area contributed by atoms with Gasteiger partial charge >= 0.3 is 6.18 Å². The van der Waals surface area contributed by atoms with Crippen LogP contribution in [0.2, 0.25) is 0 Å². The van der Waals surface area contributed by atoms with Gasteiger partial charge in [-0.25, -0.2) is 39.3 Å². The van der Waals surface area contributed by atoms with Crippen molar-refractivity contribution in [2.45, 2.75) is 31.5 Å². The Balaban J connectivity index is 1.36. The Hall–Kier alpha value is -4.95. The molecule has 0 radical (unpaired) electrons. The van der Waals surface area contributed by atoms with Crippen molar-refractivity contribution < 1.29 is 27.0 Å². The molecule has 6 rings (SSSR count). The average Bonchev–Trinajstić information content (AvgIpc) is 3.75. The Morgan fingerprint density at radius 1 is 1.02 bits per heavy atom. The van der Waals surface area contributed by atoms with E-state index in [0.29, 0.717) is 22.5 Å². The first kappa shape index (κ1) is 27.2. The summed E-state index contributed by atoms with van der Waals surface area (Å²) >= 11 is 0. The summed E-state index contributed by atoms with van der Waals surface area (Å²) in [5, 5.41) is 3.16. The summed E-state index contributed by atoms with van der Waals surface area (Å²) in [6, 6.07) is 4.19. The first-order valence-electron chi connectivity index (χ1n) is 12.8. The smallest absolute Gasteiger partial charge is 0.434 e. The van der Waals surface area contributed by atoms with Crippen LogP contribution < -0.4 is 14.8 Å². The molecule has 0 saturated heterocycles. The highest BCUT2D eigenvalue weighted by atomic mass is 19.4. The molecule has 42 heavy (non-hydrogen) atoms. The number of methoxy groups -OCH3 is 2. The van der Waals surface area contributed by atoms with E-state index < -0.39 is 17.7 Å². The number of aromatic nitrogens is 8. The highest BCUT2D eigenvalue weighted by Crippen LogP contribution is 2.45. The number of ether oxygens (including phenoxy) is 2. The molecule has 15 heteroatoms. The van der Waals surface area contributed by atoms with Gasteiger partial charge in [-0.05, 0) is 30.5 Å². The van der Waals surface area contributed by atoms with Crippen LogP contribution in [-0.2, 0) is 19.8 Å². The predicted octanol–water partition coefficient (Wildman–Crippen LogP) is 4.94. The van der Waals surface area contributed by atoms with Crippen LogP contribution in [0.15, 0.2) is 36.9 Å². The highest BCUT2D eigenvalue weighted by Gasteiger charge is 2.35. The number of aryl methyl sites for hydroxylation is 1. The van der Waals surface area contributed by atoms with Crippen LogP contribution in [0.3, 0.4) is 0 Å². The van der Waals surface area contributed by atoms with Crippen LogP contribution >= 0.6 is 0 Å². The summed E-state index contributed by atoms with van der Waals surface area (Å²) in [4.78, 5) is 30.4. The number of hydrogen-bond donors (Lipinski definition) is 1. The van der Waals surface area contributed by atoms with Gasteiger partial charge in [-0.2, -0.15) is 13.2 Å². The van der Waals surface area contributed by atoms with Crippen molar-refractivity contribution in [1.82, 2.24) is 39.5 Å². The van der Waals surface area contributed by atoms with Gasteiger partial charge in [-0.15, -0.1) is 0 Å². The van der Waals surface area contributed by atoms with E-state index in [1.54, 1.807) is 6.07 Å². The Labute approximate surface area is 236 Å². The summed E-state index contributed by atoms with van der Waals surface area (Å²) in [6.07, 6.45) is 0.989. The molecule has 5 aromatic rings. The number of benzene rings is 1. The number of nitrogens with one attached hydrogen (secondary N) is 1. The minimum atomic E-state index is -4.64. The quantitative estimate of drug-likeness (QED) is 0.252. The Morgan fingerprint density at radius 2 is 1.83 bits per heavy atom. The van der Waals surface area contributed by atoms with Gasteiger partial charge in [0.05, 0.1) is 31.7 Å². The number of halogens is 4. The Bertz CT molecular complexity index is 1810. The molecule has 4 heterocycles. The summed E-state index contributed by atoms with van der Waals surface area (Å²) in [5.74, 6) is 0.495. The van der Waals surface area contributed by atoms with Gasteiger partial charge in [0.1, 0.15) is 23.5 Å². The molecular weight excluding hydrogens is 558 g/mol. The van der Waals surface area contributed by atoms with Crippen molar-refractivity contribution in [2.24, 2.45) is 7.05 Å². The van der Waals surface area contributed by atoms with E-state index in [0.717, 1.165) is 29.3 Å². The van der Waals surface area contributed by atoms with Gasteiger partial charge in [-0.1, -0.05) is 6.07 Å². The topological polar surface area (TPSA) is 126 Å². The SMILES string of the molecule is COc1cnc2nc(-c3c(OC)ncnc3C3CC3)nc(NCc3ccc(-c4nc(C(F)(F)F)cn4C)c(F)c3)c2n1. The maximum Gasteiger partial charge on any atom is 0.434 e. The monoisotopic (exact) mass is 581 g/mol. The summed E-state index contributed by atoms with van der Waals surface area (Å²) in [6.45, 7) is 0.0912. The molecule has 0 unspecified atom stereocenters. The van der Waals surface area contributed by atoms with E-state index >= 15 is 4.39 Å². The van der Waals surface area contributed by atoms with Gasteiger partial charge in [-0.3, -0.25) is 0 Å². The zero-order valence-corrected chi connectivity index (χ0v) is 22.6. The van der Waals surface area contributed by atoms with Crippen molar-refractivity contribution in [3.8, 4) is 34.5 Å². The number of nitrogens with zero attached hydrogens (tertiary/aromatic N) is 8. The van der Waals surface area contributed by atoms with Crippen LogP contribution in [0.1, 0.15) is 35.7 Å². The second kappa shape index (κ2) is 10.5. The fourth-order valence-electron chi connectivity index (χ4n) is 4.53. The minimum absolute atomic E-state index is 0.0640. The molecule has 1 aliphatic rings. The van der Waals surface area contributed by atoms with Crippen molar-refractivity contribution >= 4 is 17.0 Å².